The van der Waals surface area contributed by atoms with Crippen molar-refractivity contribution >= 4 is 98.5 Å². The lowest BCUT2D eigenvalue weighted by molar-refractivity contribution is -0.158. The van der Waals surface area contributed by atoms with Crippen LogP contribution in [0.5, 0.6) is 5.75 Å². The average molecular weight is 1370 g/mol. The Morgan fingerprint density at radius 3 is 2.37 bits per heavy atom. The molecule has 26 nitrogen and oxygen atoms in total. The number of carbonyl (C=O) groups excluding carboxylic acids is 9. The van der Waals surface area contributed by atoms with Gasteiger partial charge in [0.15, 0.2) is 5.72 Å². The molecule has 11 atom stereocenters. The molecule has 2 aromatic carbocycles. The maximum Gasteiger partial charge on any atom is 0.409 e. The fraction of sp³-hybridized carbons (Fsp3) is 0.578. The minimum atomic E-state index is -1.92. The highest BCUT2D eigenvalue weighted by molar-refractivity contribution is 9.09. The van der Waals surface area contributed by atoms with Crippen LogP contribution in [0.15, 0.2) is 66.3 Å². The van der Waals surface area contributed by atoms with E-state index in [9.17, 15) is 48.3 Å². The van der Waals surface area contributed by atoms with Gasteiger partial charge in [0.05, 0.1) is 62.0 Å². The summed E-state index contributed by atoms with van der Waals surface area (Å²) in [6.45, 7) is 15.9. The second kappa shape index (κ2) is 33.6. The molecule has 4 heterocycles. The van der Waals surface area contributed by atoms with Gasteiger partial charge >= 0.3 is 18.1 Å². The van der Waals surface area contributed by atoms with Crippen molar-refractivity contribution in [3.63, 3.8) is 0 Å². The molecule has 9 N–H and O–H groups in total. The van der Waals surface area contributed by atoms with Crippen LogP contribution < -0.4 is 52.2 Å². The van der Waals surface area contributed by atoms with Crippen molar-refractivity contribution in [2.75, 3.05) is 88.2 Å². The third-order valence-electron chi connectivity index (χ3n) is 17.1. The normalized spacial score (nSPS) is 24.7. The predicted molar refractivity (Wildman–Crippen MR) is 349 cm³/mol. The number of unbranched alkanes of at least 4 members (excludes halogenated alkanes) is 1. The van der Waals surface area contributed by atoms with Crippen LogP contribution in [0.1, 0.15) is 102 Å². The number of carbonyl (C=O) groups is 9. The van der Waals surface area contributed by atoms with Gasteiger partial charge in [-0.15, -0.1) is 0 Å². The fourth-order valence-corrected chi connectivity index (χ4v) is 11.9. The number of methoxy groups -OCH3 is 2. The number of alkyl carbamates (subject to hydrolysis) is 1. The van der Waals surface area contributed by atoms with E-state index in [-0.39, 0.29) is 53.9 Å². The molecule has 0 aromatic heterocycles. The van der Waals surface area contributed by atoms with E-state index in [1.807, 2.05) is 17.9 Å². The maximum atomic E-state index is 14.7. The first kappa shape index (κ1) is 73.9. The van der Waals surface area contributed by atoms with Crippen molar-refractivity contribution < 1.29 is 76.7 Å². The van der Waals surface area contributed by atoms with Gasteiger partial charge in [-0.25, -0.2) is 14.4 Å². The van der Waals surface area contributed by atoms with Crippen molar-refractivity contribution in [3.8, 4) is 5.75 Å². The number of epoxide rings is 1. The molecule has 3 saturated heterocycles. The minimum absolute atomic E-state index is 0.0480. The summed E-state index contributed by atoms with van der Waals surface area (Å²) in [6, 6.07) is 3.22. The van der Waals surface area contributed by atoms with Crippen LogP contribution in [-0.4, -0.2) is 197 Å². The Morgan fingerprint density at radius 2 is 1.72 bits per heavy atom. The van der Waals surface area contributed by atoms with Crippen molar-refractivity contribution in [1.82, 2.24) is 31.5 Å². The number of aliphatic hydroxyl groups is 1. The molecule has 4 aliphatic rings. The number of nitrogens with two attached hydrogens (primary N) is 1. The third kappa shape index (κ3) is 19.2. The van der Waals surface area contributed by atoms with Crippen LogP contribution in [0.25, 0.3) is 0 Å². The molecule has 0 spiro atoms. The van der Waals surface area contributed by atoms with E-state index in [1.165, 1.54) is 57.2 Å². The number of urea groups is 1. The lowest BCUT2D eigenvalue weighted by Gasteiger charge is -2.42. The number of morpholine rings is 1. The summed E-state index contributed by atoms with van der Waals surface area (Å²) in [5, 5.41) is 29.2. The summed E-state index contributed by atoms with van der Waals surface area (Å²) in [5.41, 5.74) is 5.16. The summed E-state index contributed by atoms with van der Waals surface area (Å²) in [4.78, 5) is 126. The van der Waals surface area contributed by atoms with E-state index < -0.39 is 114 Å². The number of anilines is 3. The topological polar surface area (TPSA) is 340 Å². The first-order valence-corrected chi connectivity index (χ1v) is 32.3. The van der Waals surface area contributed by atoms with E-state index in [2.05, 4.69) is 54.4 Å². The summed E-state index contributed by atoms with van der Waals surface area (Å²) < 4.78 is 35.5. The Balaban J connectivity index is 1.24. The molecule has 4 aliphatic heterocycles. The largest absolute Gasteiger partial charge is 0.495 e. The molecule has 0 radical (unpaired) electrons. The average Bonchev–Trinajstić information content (AvgIpc) is 1.57. The molecule has 506 valence electrons. The molecule has 0 aliphatic carbocycles. The lowest BCUT2D eigenvalue weighted by Crippen LogP contribution is -2.63. The number of amides is 8. The van der Waals surface area contributed by atoms with Crippen molar-refractivity contribution in [2.45, 2.75) is 153 Å². The van der Waals surface area contributed by atoms with Crippen LogP contribution in [0.2, 0.25) is 5.02 Å². The van der Waals surface area contributed by atoms with E-state index in [0.717, 1.165) is 17.4 Å². The second-order valence-electron chi connectivity index (χ2n) is 24.3. The minimum Gasteiger partial charge on any atom is -0.495 e. The van der Waals surface area contributed by atoms with Crippen LogP contribution in [0, 0.1) is 11.8 Å². The monoisotopic (exact) mass is 1370 g/mol. The molecule has 8 amide bonds. The zero-order valence-electron chi connectivity index (χ0n) is 54.0. The molecule has 6 rings (SSSR count). The molecule has 4 bridgehead atoms. The van der Waals surface area contributed by atoms with Crippen molar-refractivity contribution in [3.05, 3.63) is 82.4 Å². The Hall–Kier alpha value is -7.14. The molecule has 2 aromatic rings. The fourth-order valence-electron chi connectivity index (χ4n) is 11.4. The first-order valence-electron chi connectivity index (χ1n) is 30.8. The second-order valence-corrected chi connectivity index (χ2v) is 25.2. The summed E-state index contributed by atoms with van der Waals surface area (Å²) in [5.74, 6) is -4.19. The Bertz CT molecular complexity index is 3090. The molecule has 92 heavy (non-hydrogen) atoms. The van der Waals surface area contributed by atoms with Gasteiger partial charge in [-0.1, -0.05) is 78.7 Å². The van der Waals surface area contributed by atoms with E-state index in [1.54, 1.807) is 58.0 Å². The number of allylic oxidation sites excluding steroid dienone is 3. The third-order valence-corrected chi connectivity index (χ3v) is 18.2. The summed E-state index contributed by atoms with van der Waals surface area (Å²) in [7, 11) is 5.81. The number of esters is 1. The highest BCUT2D eigenvalue weighted by Crippen LogP contribution is 2.49. The van der Waals surface area contributed by atoms with Crippen LogP contribution in [0.3, 0.4) is 0 Å². The van der Waals surface area contributed by atoms with Gasteiger partial charge in [0.2, 0.25) is 23.6 Å². The molecular weight excluding hydrogens is 1280 g/mol. The number of likely N-dealkylation sites (N-methyl/N-ethyl adjacent to an activating group) is 1. The highest BCUT2D eigenvalue weighted by atomic mass is 79.9. The maximum absolute atomic E-state index is 14.7. The zero-order chi connectivity index (χ0) is 67.8. The van der Waals surface area contributed by atoms with Gasteiger partial charge in [0, 0.05) is 76.2 Å². The van der Waals surface area contributed by atoms with Gasteiger partial charge < -0.3 is 80.0 Å². The van der Waals surface area contributed by atoms with Gasteiger partial charge in [-0.05, 0) is 101 Å². The number of halogens is 2. The number of benzene rings is 2. The van der Waals surface area contributed by atoms with Gasteiger partial charge in [0.1, 0.15) is 53.1 Å². The number of primary amides is 1. The Kier molecular flexibility index (Phi) is 27.0. The number of nitrogens with one attached hydrogen (secondary N) is 6. The predicted octanol–water partition coefficient (Wildman–Crippen LogP) is 4.96. The number of alkyl halides is 1. The van der Waals surface area contributed by atoms with E-state index in [4.69, 9.17) is 45.8 Å². The Morgan fingerprint density at radius 1 is 1.01 bits per heavy atom. The quantitative estimate of drug-likeness (QED) is 0.0154. The lowest BCUT2D eigenvalue weighted by atomic mass is 9.83. The van der Waals surface area contributed by atoms with Gasteiger partial charge in [0.25, 0.3) is 5.91 Å². The first-order chi connectivity index (χ1) is 43.6. The van der Waals surface area contributed by atoms with Crippen LogP contribution in [-0.2, 0) is 58.9 Å². The zero-order valence-corrected chi connectivity index (χ0v) is 56.4. The molecule has 1 unspecified atom stereocenters. The van der Waals surface area contributed by atoms with Crippen LogP contribution >= 0.6 is 27.5 Å². The highest BCUT2D eigenvalue weighted by Gasteiger charge is 2.64. The number of nitrogens with zero attached hydrogens (tertiary/aromatic N) is 3. The van der Waals surface area contributed by atoms with Crippen molar-refractivity contribution in [1.29, 1.82) is 0 Å². The molecule has 28 heteroatoms. The van der Waals surface area contributed by atoms with E-state index in [0.29, 0.717) is 86.6 Å². The van der Waals surface area contributed by atoms with Gasteiger partial charge in [-0.3, -0.25) is 34.6 Å². The van der Waals surface area contributed by atoms with Crippen LogP contribution in [0.4, 0.5) is 26.7 Å². The standard InChI is InChI=1S/C64H90BrClN10O16/c1-36(2)54(70-43(35-77)17-12-13-22-68-56(79)38(4)34-65)58(81)72-45(18-15-23-69-61(67)84)57(80)71-44-21-20-42(31-46(44)76-24-26-89-27-25-76)59(82)74(8)40(6)60(83)91-51-32-52(78)75(9)47-29-41(30-48(87-10)53(47)66)28-37(3)16-14-19-50(88-11)64(86)33-49(90-62(85)73-64)39(5)55-63(51,7)92-55/h14,16,19-21,29-31,35-36,39-40,43,45,49-51,54-55,70,86H,4,12-13,15,17-18,22-28,32-34H2,1-3,5-11H3,(H,68,79)(H,71,80)(H,72,81)(H,73,85)(H3,67,69,84)/b19-14+,37-16+/t39-,40+,43?,45+,49+,50-,51+,54+,55+,63+,64+/m1/s1. The number of hydrogen-bond acceptors (Lipinski definition) is 18. The number of fused-ring (bicyclic) bond motifs is 5. The van der Waals surface area contributed by atoms with E-state index >= 15 is 0 Å². The van der Waals surface area contributed by atoms with Gasteiger partial charge in [-0.2, -0.15) is 0 Å². The number of aldehydes is 1. The smallest absolute Gasteiger partial charge is 0.409 e. The number of ether oxygens (including phenoxy) is 6. The molecule has 3 fully saturated rings. The molecular formula is C64H90BrClN10O16. The molecule has 0 saturated carbocycles. The Labute approximate surface area is 550 Å². The number of rotatable bonds is 26. The summed E-state index contributed by atoms with van der Waals surface area (Å²) >= 11 is 10.1. The van der Waals surface area contributed by atoms with Crippen molar-refractivity contribution in [2.24, 2.45) is 17.6 Å². The number of hydrogen-bond donors (Lipinski definition) is 8. The summed E-state index contributed by atoms with van der Waals surface area (Å²) in [6.07, 6.45) is 2.45. The SMILES string of the molecule is C=C(CBr)C(=O)NCCCCC(C=O)N[C@H](C(=O)N[C@@H](CCCNC(N)=O)C(=O)Nc1ccc(C(=O)N(C)[C@@H](C)C(=O)O[C@H]2CC(=O)N(C)c3cc(cc(OC)c3Cl)C/C(C)=C/C=C/[C@@H](OC)[C@@]3(O)C[C@H](OC(=O)N3)[C@@H](C)[C@@H]3O[C@@]23C)cc1N1CCOCC1)C(C)C.